The van der Waals surface area contributed by atoms with E-state index in [9.17, 15) is 28.8 Å². The number of esters is 3. The van der Waals surface area contributed by atoms with Crippen LogP contribution in [0.1, 0.15) is 307 Å². The van der Waals surface area contributed by atoms with Gasteiger partial charge in [0.25, 0.3) is 17.7 Å². The summed E-state index contributed by atoms with van der Waals surface area (Å²) in [6, 6.07) is 0.838. The third-order valence-corrected chi connectivity index (χ3v) is 14.1. The molecular weight excluding hydrogens is 943 g/mol. The predicted octanol–water partition coefficient (Wildman–Crippen LogP) is 15.5. The summed E-state index contributed by atoms with van der Waals surface area (Å²) in [5, 5.41) is 8.54. The molecule has 3 atom stereocenters. The number of ether oxygens (including phenoxy) is 3. The van der Waals surface area contributed by atoms with Crippen molar-refractivity contribution in [2.75, 3.05) is 19.8 Å². The van der Waals surface area contributed by atoms with Gasteiger partial charge in [0.1, 0.15) is 18.1 Å². The second kappa shape index (κ2) is 39.4. The van der Waals surface area contributed by atoms with Crippen LogP contribution in [0.3, 0.4) is 0 Å². The van der Waals surface area contributed by atoms with Gasteiger partial charge in [-0.3, -0.25) is 14.4 Å². The second-order valence-electron chi connectivity index (χ2n) is 24.7. The lowest BCUT2D eigenvalue weighted by Crippen LogP contribution is -2.51. The maximum atomic E-state index is 14.3. The van der Waals surface area contributed by atoms with E-state index in [0.29, 0.717) is 19.3 Å². The van der Waals surface area contributed by atoms with E-state index >= 15 is 0 Å². The molecule has 3 amide bonds. The number of amides is 3. The molecule has 0 bridgehead atoms. The topological polar surface area (TPSA) is 166 Å². The first-order valence-electron chi connectivity index (χ1n) is 30.2. The van der Waals surface area contributed by atoms with E-state index in [2.05, 4.69) is 36.7 Å². The van der Waals surface area contributed by atoms with Crippen LogP contribution in [0.25, 0.3) is 0 Å². The van der Waals surface area contributed by atoms with Crippen LogP contribution in [-0.2, 0) is 28.6 Å². The summed E-state index contributed by atoms with van der Waals surface area (Å²) >= 11 is 0. The molecule has 0 saturated heterocycles. The maximum absolute atomic E-state index is 14.3. The summed E-state index contributed by atoms with van der Waals surface area (Å²) in [7, 11) is 0. The van der Waals surface area contributed by atoms with Crippen molar-refractivity contribution in [1.82, 2.24) is 16.0 Å². The van der Waals surface area contributed by atoms with E-state index in [1.165, 1.54) is 134 Å². The van der Waals surface area contributed by atoms with Crippen molar-refractivity contribution in [1.29, 1.82) is 0 Å². The summed E-state index contributed by atoms with van der Waals surface area (Å²) in [6.07, 6.45) is 34.3. The van der Waals surface area contributed by atoms with Gasteiger partial charge in [0.15, 0.2) is 0 Å². The monoisotopic (exact) mass is 1050 g/mol. The first kappa shape index (κ1) is 69.1. The van der Waals surface area contributed by atoms with Gasteiger partial charge in [-0.1, -0.05) is 256 Å². The molecule has 75 heavy (non-hydrogen) atoms. The smallest absolute Gasteiger partial charge is 0.329 e. The SMILES string of the molecule is CCCCCCCCCCCCOC(=O)[C@@H](NC(=O)c1cc(C(=O)N[C@H](C(=O)OCCCCCCCCCCCC)C(C)(C)C)cc(C(=O)N[C@H](C(=O)OCCCCCCCCCCCC)C(C)(C)C)c1)C(C)(C)C. The first-order valence-corrected chi connectivity index (χ1v) is 30.2. The molecule has 0 radical (unpaired) electrons. The Morgan fingerprint density at radius 1 is 0.320 bits per heavy atom. The van der Waals surface area contributed by atoms with Crippen molar-refractivity contribution in [2.24, 2.45) is 16.2 Å². The highest BCUT2D eigenvalue weighted by Crippen LogP contribution is 2.26. The fourth-order valence-electron chi connectivity index (χ4n) is 9.09. The minimum absolute atomic E-state index is 0.0729. The Morgan fingerprint density at radius 3 is 0.667 bits per heavy atom. The average molecular weight is 1050 g/mol. The van der Waals surface area contributed by atoms with Crippen LogP contribution in [0.2, 0.25) is 0 Å². The molecule has 12 nitrogen and oxygen atoms in total. The number of benzene rings is 1. The van der Waals surface area contributed by atoms with Crippen LogP contribution >= 0.6 is 0 Å². The molecule has 0 spiro atoms. The summed E-state index contributed by atoms with van der Waals surface area (Å²) < 4.78 is 17.2. The minimum atomic E-state index is -1.06. The number of nitrogens with one attached hydrogen (secondary N) is 3. The van der Waals surface area contributed by atoms with Crippen molar-refractivity contribution in [2.45, 2.75) is 294 Å². The Balaban J connectivity index is 3.32. The number of rotatable bonds is 42. The summed E-state index contributed by atoms with van der Waals surface area (Å²) in [5.41, 5.74) is -2.50. The number of carbonyl (C=O) groups excluding carboxylic acids is 6. The Hall–Kier alpha value is -3.96. The normalized spacial score (nSPS) is 13.1. The van der Waals surface area contributed by atoms with Crippen molar-refractivity contribution in [3.8, 4) is 0 Å². The number of hydrogen-bond donors (Lipinski definition) is 3. The van der Waals surface area contributed by atoms with E-state index < -0.39 is 70.0 Å². The highest BCUT2D eigenvalue weighted by molar-refractivity contribution is 6.06. The molecule has 1 aromatic carbocycles. The van der Waals surface area contributed by atoms with Crippen molar-refractivity contribution < 1.29 is 43.0 Å². The van der Waals surface area contributed by atoms with E-state index in [1.54, 1.807) is 0 Å². The third kappa shape index (κ3) is 31.8. The Kier molecular flexibility index (Phi) is 36.3. The maximum Gasteiger partial charge on any atom is 0.329 e. The third-order valence-electron chi connectivity index (χ3n) is 14.1. The second-order valence-corrected chi connectivity index (χ2v) is 24.7. The Labute approximate surface area is 457 Å². The summed E-state index contributed by atoms with van der Waals surface area (Å²) in [6.45, 7) is 23.8. The lowest BCUT2D eigenvalue weighted by Gasteiger charge is -2.30. The highest BCUT2D eigenvalue weighted by Gasteiger charge is 2.38. The predicted molar refractivity (Wildman–Crippen MR) is 307 cm³/mol. The van der Waals surface area contributed by atoms with Crippen molar-refractivity contribution in [3.63, 3.8) is 0 Å². The van der Waals surface area contributed by atoms with Gasteiger partial charge >= 0.3 is 17.9 Å². The fraction of sp³-hybridized carbons (Fsp3) is 0.810. The van der Waals surface area contributed by atoms with Gasteiger partial charge in [-0.25, -0.2) is 14.4 Å². The lowest BCUT2D eigenvalue weighted by atomic mass is 9.86. The number of unbranched alkanes of at least 4 members (excludes halogenated alkanes) is 27. The molecule has 0 unspecified atom stereocenters. The average Bonchev–Trinajstić information content (AvgIpc) is 3.34. The Bertz CT molecular complexity index is 1550. The van der Waals surface area contributed by atoms with E-state index in [1.807, 2.05) is 62.3 Å². The van der Waals surface area contributed by atoms with Gasteiger partial charge in [0, 0.05) is 16.7 Å². The molecule has 12 heteroatoms. The zero-order valence-electron chi connectivity index (χ0n) is 50.0. The largest absolute Gasteiger partial charge is 0.464 e. The number of carbonyl (C=O) groups is 6. The quantitative estimate of drug-likeness (QED) is 0.0328. The van der Waals surface area contributed by atoms with Crippen LogP contribution < -0.4 is 16.0 Å². The summed E-state index contributed by atoms with van der Waals surface area (Å²) in [4.78, 5) is 84.0. The van der Waals surface area contributed by atoms with Gasteiger partial charge in [-0.05, 0) is 53.7 Å². The van der Waals surface area contributed by atoms with Crippen LogP contribution in [0.5, 0.6) is 0 Å². The van der Waals surface area contributed by atoms with E-state index in [0.717, 1.165) is 57.8 Å². The molecule has 0 aliphatic heterocycles. The standard InChI is InChI=1S/C63H111N3O9/c1-13-16-19-22-25-28-31-34-37-40-43-73-58(70)52(61(4,5)6)64-55(67)49-46-50(56(68)65-53(62(7,8)9)59(71)74-44-41-38-35-32-29-26-23-20-17-14-2)48-51(47-49)57(69)66-54(63(10,11)12)60(72)75-45-42-39-36-33-30-27-24-21-18-15-3/h46-48,52-54H,13-45H2,1-12H3,(H,64,67)(H,65,68)(H,66,69)/t52-,53-,54-/m1/s1. The van der Waals surface area contributed by atoms with Crippen LogP contribution in [-0.4, -0.2) is 73.6 Å². The van der Waals surface area contributed by atoms with Gasteiger partial charge in [-0.15, -0.1) is 0 Å². The van der Waals surface area contributed by atoms with Gasteiger partial charge < -0.3 is 30.2 Å². The van der Waals surface area contributed by atoms with E-state index in [4.69, 9.17) is 14.2 Å². The highest BCUT2D eigenvalue weighted by atomic mass is 16.5. The van der Waals surface area contributed by atoms with Crippen LogP contribution in [0, 0.1) is 16.2 Å². The molecule has 0 aromatic heterocycles. The van der Waals surface area contributed by atoms with E-state index in [-0.39, 0.29) is 36.5 Å². The van der Waals surface area contributed by atoms with Crippen molar-refractivity contribution >= 4 is 35.6 Å². The zero-order chi connectivity index (χ0) is 56.1. The molecule has 432 valence electrons. The molecule has 1 rings (SSSR count). The Morgan fingerprint density at radius 2 is 0.493 bits per heavy atom. The van der Waals surface area contributed by atoms with Gasteiger partial charge in [0.2, 0.25) is 0 Å². The fourth-order valence-corrected chi connectivity index (χ4v) is 9.09. The zero-order valence-corrected chi connectivity index (χ0v) is 50.0. The van der Waals surface area contributed by atoms with Crippen LogP contribution in [0.4, 0.5) is 0 Å². The molecule has 0 heterocycles. The molecule has 3 N–H and O–H groups in total. The molecular formula is C63H111N3O9. The van der Waals surface area contributed by atoms with Gasteiger partial charge in [-0.2, -0.15) is 0 Å². The first-order chi connectivity index (χ1) is 35.6. The molecule has 0 saturated carbocycles. The summed E-state index contributed by atoms with van der Waals surface area (Å²) in [5.74, 6) is -3.85. The van der Waals surface area contributed by atoms with Crippen molar-refractivity contribution in [3.05, 3.63) is 34.9 Å². The minimum Gasteiger partial charge on any atom is -0.464 e. The van der Waals surface area contributed by atoms with Crippen LogP contribution in [0.15, 0.2) is 18.2 Å². The molecule has 0 aliphatic rings. The molecule has 1 aromatic rings. The molecule has 0 fully saturated rings. The molecule has 0 aliphatic carbocycles. The number of hydrogen-bond acceptors (Lipinski definition) is 9. The van der Waals surface area contributed by atoms with Gasteiger partial charge in [0.05, 0.1) is 19.8 Å². The lowest BCUT2D eigenvalue weighted by molar-refractivity contribution is -0.149.